The van der Waals surface area contributed by atoms with Gasteiger partial charge in [-0.25, -0.2) is 9.78 Å². The fourth-order valence-electron chi connectivity index (χ4n) is 4.12. The Labute approximate surface area is 166 Å². The molecule has 1 unspecified atom stereocenters. The normalized spacial score (nSPS) is 23.3. The van der Waals surface area contributed by atoms with Crippen LogP contribution in [0.25, 0.3) is 5.57 Å². The van der Waals surface area contributed by atoms with Gasteiger partial charge in [-0.15, -0.1) is 6.42 Å². The summed E-state index contributed by atoms with van der Waals surface area (Å²) in [6.45, 7) is 5.50. The van der Waals surface area contributed by atoms with Crippen LogP contribution < -0.4 is 11.1 Å². The number of carbonyl (C=O) groups is 1. The van der Waals surface area contributed by atoms with Crippen molar-refractivity contribution in [3.05, 3.63) is 24.0 Å². The summed E-state index contributed by atoms with van der Waals surface area (Å²) in [6, 6.07) is 3.25. The SMILES string of the molecule is C#C/C(=C\N=C/C)c1ccc(N)c(NC(=O)N2CCC3(CCCN(C)C3)C2)n1. The minimum atomic E-state index is -0.167. The Morgan fingerprint density at radius 2 is 2.21 bits per heavy atom. The number of urea groups is 1. The van der Waals surface area contributed by atoms with Gasteiger partial charge in [-0.05, 0) is 51.9 Å². The Bertz CT molecular complexity index is 840. The molecular weight excluding hydrogens is 352 g/mol. The van der Waals surface area contributed by atoms with Gasteiger partial charge in [0.05, 0.1) is 17.0 Å². The van der Waals surface area contributed by atoms with Crippen molar-refractivity contribution in [3.63, 3.8) is 0 Å². The lowest BCUT2D eigenvalue weighted by Gasteiger charge is -2.38. The molecule has 2 amide bonds. The van der Waals surface area contributed by atoms with E-state index in [9.17, 15) is 4.79 Å². The number of hydrogen-bond acceptors (Lipinski definition) is 5. The highest BCUT2D eigenvalue weighted by molar-refractivity contribution is 5.92. The van der Waals surface area contributed by atoms with Crippen molar-refractivity contribution in [3.8, 4) is 12.3 Å². The second kappa shape index (κ2) is 8.44. The van der Waals surface area contributed by atoms with E-state index in [0.29, 0.717) is 22.8 Å². The molecule has 1 atom stereocenters. The van der Waals surface area contributed by atoms with Crippen LogP contribution in [0.3, 0.4) is 0 Å². The average Bonchev–Trinajstić information content (AvgIpc) is 3.07. The number of nitrogens with one attached hydrogen (secondary N) is 1. The number of nitrogen functional groups attached to an aromatic ring is 1. The number of pyridine rings is 1. The van der Waals surface area contributed by atoms with Crippen LogP contribution in [0, 0.1) is 17.8 Å². The third-order valence-corrected chi connectivity index (χ3v) is 5.51. The highest BCUT2D eigenvalue weighted by Crippen LogP contribution is 2.38. The molecule has 1 aromatic rings. The number of piperidine rings is 1. The van der Waals surface area contributed by atoms with Crippen molar-refractivity contribution in [1.82, 2.24) is 14.8 Å². The molecule has 2 aliphatic rings. The number of hydrogen-bond donors (Lipinski definition) is 2. The first-order valence-electron chi connectivity index (χ1n) is 9.62. The second-order valence-corrected chi connectivity index (χ2v) is 7.67. The number of aromatic nitrogens is 1. The van der Waals surface area contributed by atoms with Crippen LogP contribution in [0.2, 0.25) is 0 Å². The lowest BCUT2D eigenvalue weighted by molar-refractivity contribution is 0.117. The summed E-state index contributed by atoms with van der Waals surface area (Å²) < 4.78 is 0. The summed E-state index contributed by atoms with van der Waals surface area (Å²) in [5, 5.41) is 2.86. The van der Waals surface area contributed by atoms with Crippen molar-refractivity contribution in [2.75, 3.05) is 44.3 Å². The number of terminal acetylenes is 1. The van der Waals surface area contributed by atoms with E-state index in [4.69, 9.17) is 12.2 Å². The number of nitrogens with two attached hydrogens (primary N) is 1. The molecule has 0 saturated carbocycles. The van der Waals surface area contributed by atoms with E-state index in [0.717, 1.165) is 32.6 Å². The van der Waals surface area contributed by atoms with Crippen LogP contribution in [0.5, 0.6) is 0 Å². The van der Waals surface area contributed by atoms with Gasteiger partial charge in [0.1, 0.15) is 0 Å². The molecule has 3 N–H and O–H groups in total. The molecular formula is C21H28N6O. The molecule has 0 aromatic carbocycles. The number of rotatable bonds is 3. The molecule has 0 radical (unpaired) electrons. The molecule has 148 valence electrons. The maximum absolute atomic E-state index is 12.8. The first kappa shape index (κ1) is 19.9. The van der Waals surface area contributed by atoms with E-state index >= 15 is 0 Å². The number of likely N-dealkylation sites (tertiary alicyclic amines) is 2. The number of carbonyl (C=O) groups excluding carboxylic acids is 1. The van der Waals surface area contributed by atoms with E-state index in [1.807, 2.05) is 4.90 Å². The summed E-state index contributed by atoms with van der Waals surface area (Å²) in [5.41, 5.74) is 7.71. The molecule has 7 heteroatoms. The highest BCUT2D eigenvalue weighted by atomic mass is 16.2. The summed E-state index contributed by atoms with van der Waals surface area (Å²) >= 11 is 0. The van der Waals surface area contributed by atoms with Gasteiger partial charge in [-0.2, -0.15) is 0 Å². The smallest absolute Gasteiger partial charge is 0.323 e. The predicted molar refractivity (Wildman–Crippen MR) is 114 cm³/mol. The van der Waals surface area contributed by atoms with Gasteiger partial charge in [-0.1, -0.05) is 5.92 Å². The summed E-state index contributed by atoms with van der Waals surface area (Å²) in [5.74, 6) is 2.89. The Balaban J connectivity index is 1.72. The van der Waals surface area contributed by atoms with Gasteiger partial charge in [-0.3, -0.25) is 10.3 Å². The molecule has 28 heavy (non-hydrogen) atoms. The van der Waals surface area contributed by atoms with Gasteiger partial charge in [0.15, 0.2) is 5.82 Å². The van der Waals surface area contributed by atoms with Crippen molar-refractivity contribution in [1.29, 1.82) is 0 Å². The van der Waals surface area contributed by atoms with Gasteiger partial charge in [0.2, 0.25) is 0 Å². The number of allylic oxidation sites excluding steroid dienone is 1. The lowest BCUT2D eigenvalue weighted by atomic mass is 9.79. The molecule has 0 aliphatic carbocycles. The standard InChI is InChI=1S/C21H28N6O/c1-4-16(13-23-5-2)18-8-7-17(22)19(24-18)25-20(28)27-12-10-21(15-27)9-6-11-26(3)14-21/h1,5,7-8,13H,6,9-12,14-15,22H2,2-3H3,(H,24,25,28)/b16-13+,23-5-. The molecule has 2 saturated heterocycles. The monoisotopic (exact) mass is 380 g/mol. The zero-order chi connectivity index (χ0) is 20.1. The van der Waals surface area contributed by atoms with Gasteiger partial charge in [0.25, 0.3) is 0 Å². The van der Waals surface area contributed by atoms with Crippen LogP contribution in [0.1, 0.15) is 31.9 Å². The van der Waals surface area contributed by atoms with Gasteiger partial charge >= 0.3 is 6.03 Å². The van der Waals surface area contributed by atoms with E-state index in [1.165, 1.54) is 12.8 Å². The van der Waals surface area contributed by atoms with Crippen LogP contribution >= 0.6 is 0 Å². The Morgan fingerprint density at radius 3 is 2.93 bits per heavy atom. The zero-order valence-corrected chi connectivity index (χ0v) is 16.6. The quantitative estimate of drug-likeness (QED) is 0.623. The van der Waals surface area contributed by atoms with E-state index in [1.54, 1.807) is 31.5 Å². The maximum atomic E-state index is 12.8. The highest BCUT2D eigenvalue weighted by Gasteiger charge is 2.42. The van der Waals surface area contributed by atoms with Gasteiger partial charge in [0, 0.05) is 37.5 Å². The first-order valence-corrected chi connectivity index (χ1v) is 9.62. The fourth-order valence-corrected chi connectivity index (χ4v) is 4.12. The van der Waals surface area contributed by atoms with E-state index < -0.39 is 0 Å². The number of anilines is 2. The molecule has 2 fully saturated rings. The molecule has 2 aliphatic heterocycles. The first-order chi connectivity index (χ1) is 13.5. The van der Waals surface area contributed by atoms with Crippen molar-refractivity contribution in [2.24, 2.45) is 10.4 Å². The van der Waals surface area contributed by atoms with Crippen LogP contribution in [-0.4, -0.2) is 60.3 Å². The minimum Gasteiger partial charge on any atom is -0.396 e. The Hall–Kier alpha value is -2.85. The second-order valence-electron chi connectivity index (χ2n) is 7.67. The Kier molecular flexibility index (Phi) is 6.00. The molecule has 7 nitrogen and oxygen atoms in total. The minimum absolute atomic E-state index is 0.167. The molecule has 3 heterocycles. The van der Waals surface area contributed by atoms with Crippen LogP contribution in [0.4, 0.5) is 16.3 Å². The van der Waals surface area contributed by atoms with Crippen molar-refractivity contribution >= 4 is 29.3 Å². The Morgan fingerprint density at radius 1 is 1.39 bits per heavy atom. The van der Waals surface area contributed by atoms with Crippen molar-refractivity contribution < 1.29 is 4.79 Å². The average molecular weight is 380 g/mol. The molecule has 3 rings (SSSR count). The molecule has 1 spiro atoms. The number of nitrogens with zero attached hydrogens (tertiary/aromatic N) is 4. The maximum Gasteiger partial charge on any atom is 0.323 e. The zero-order valence-electron chi connectivity index (χ0n) is 16.6. The number of aliphatic imine (C=N–C) groups is 1. The summed E-state index contributed by atoms with van der Waals surface area (Å²) in [4.78, 5) is 25.5. The summed E-state index contributed by atoms with van der Waals surface area (Å²) in [6.07, 6.45) is 12.2. The third kappa shape index (κ3) is 4.34. The lowest BCUT2D eigenvalue weighted by Crippen LogP contribution is -2.44. The molecule has 0 bridgehead atoms. The third-order valence-electron chi connectivity index (χ3n) is 5.51. The van der Waals surface area contributed by atoms with E-state index in [2.05, 4.69) is 33.2 Å². The van der Waals surface area contributed by atoms with Gasteiger partial charge < -0.3 is 15.5 Å². The van der Waals surface area contributed by atoms with Crippen LogP contribution in [0.15, 0.2) is 23.3 Å². The van der Waals surface area contributed by atoms with Crippen LogP contribution in [-0.2, 0) is 0 Å². The number of amides is 2. The van der Waals surface area contributed by atoms with E-state index in [-0.39, 0.29) is 11.4 Å². The molecule has 1 aromatic heterocycles. The largest absolute Gasteiger partial charge is 0.396 e. The topological polar surface area (TPSA) is 86.8 Å². The van der Waals surface area contributed by atoms with Crippen molar-refractivity contribution in [2.45, 2.75) is 26.2 Å². The fraction of sp³-hybridized carbons (Fsp3) is 0.476. The summed E-state index contributed by atoms with van der Waals surface area (Å²) in [7, 11) is 2.15. The predicted octanol–water partition coefficient (Wildman–Crippen LogP) is 2.68.